The van der Waals surface area contributed by atoms with Crippen molar-refractivity contribution < 1.29 is 9.90 Å². The third kappa shape index (κ3) is 3.81. The van der Waals surface area contributed by atoms with Gasteiger partial charge in [0.25, 0.3) is 0 Å². The monoisotopic (exact) mass is 233 g/mol. The van der Waals surface area contributed by atoms with E-state index in [4.69, 9.17) is 34.8 Å². The molecule has 72 valence electrons. The van der Waals surface area contributed by atoms with Crippen LogP contribution in [0, 0.1) is 0 Å². The van der Waals surface area contributed by atoms with Gasteiger partial charge in [0.15, 0.2) is 10.6 Å². The highest BCUT2D eigenvalue weighted by Gasteiger charge is 2.33. The second-order valence-corrected chi connectivity index (χ2v) is 4.03. The maximum atomic E-state index is 10.8. The first-order chi connectivity index (χ1) is 5.44. The number of hydrogen-bond donors (Lipinski definition) is 2. The molecule has 0 aromatic carbocycles. The summed E-state index contributed by atoms with van der Waals surface area (Å²) >= 11 is 16.4. The molecule has 0 saturated heterocycles. The van der Waals surface area contributed by atoms with Gasteiger partial charge >= 0.3 is 0 Å². The summed E-state index contributed by atoms with van der Waals surface area (Å²) < 4.78 is -1.54. The molecule has 1 unspecified atom stereocenters. The fraction of sp³-hybridized carbons (Fsp3) is 0.833. The van der Waals surface area contributed by atoms with E-state index in [9.17, 15) is 9.90 Å². The quantitative estimate of drug-likeness (QED) is 0.568. The molecule has 0 aliphatic carbocycles. The van der Waals surface area contributed by atoms with Crippen LogP contribution in [0.25, 0.3) is 0 Å². The van der Waals surface area contributed by atoms with Crippen LogP contribution in [0.1, 0.15) is 13.3 Å². The second kappa shape index (κ2) is 5.12. The Morgan fingerprint density at radius 2 is 2.17 bits per heavy atom. The Morgan fingerprint density at radius 3 is 2.50 bits per heavy atom. The SMILES string of the molecule is CCC(=O)NC(O)C(Cl)(Cl)CCl. The Balaban J connectivity index is 4.02. The molecule has 0 bridgehead atoms. The average molecular weight is 235 g/mol. The van der Waals surface area contributed by atoms with Crippen LogP contribution < -0.4 is 5.32 Å². The average Bonchev–Trinajstić information content (AvgIpc) is 2.04. The minimum atomic E-state index is -1.54. The lowest BCUT2D eigenvalue weighted by atomic mass is 10.3. The highest BCUT2D eigenvalue weighted by Crippen LogP contribution is 2.25. The molecule has 0 spiro atoms. The van der Waals surface area contributed by atoms with Crippen molar-refractivity contribution in [2.75, 3.05) is 5.88 Å². The van der Waals surface area contributed by atoms with Gasteiger partial charge in [-0.1, -0.05) is 30.1 Å². The minimum Gasteiger partial charge on any atom is -0.370 e. The molecule has 0 radical (unpaired) electrons. The molecule has 0 aliphatic rings. The number of carbonyl (C=O) groups is 1. The standard InChI is InChI=1S/C6H10Cl3NO2/c1-2-4(11)10-5(12)6(8,9)3-7/h5,12H,2-3H2,1H3,(H,10,11). The molecular weight excluding hydrogens is 224 g/mol. The number of nitrogens with one attached hydrogen (secondary N) is 1. The third-order valence-electron chi connectivity index (χ3n) is 1.20. The van der Waals surface area contributed by atoms with Gasteiger partial charge in [-0.05, 0) is 0 Å². The molecule has 0 saturated carbocycles. The van der Waals surface area contributed by atoms with E-state index in [1.54, 1.807) is 6.92 Å². The fourth-order valence-electron chi connectivity index (χ4n) is 0.433. The molecule has 0 aliphatic heterocycles. The number of alkyl halides is 3. The summed E-state index contributed by atoms with van der Waals surface area (Å²) in [7, 11) is 0. The predicted octanol–water partition coefficient (Wildman–Crippen LogP) is 1.24. The summed E-state index contributed by atoms with van der Waals surface area (Å²) in [6.07, 6.45) is -1.09. The van der Waals surface area contributed by atoms with Crippen molar-refractivity contribution in [2.45, 2.75) is 23.9 Å². The summed E-state index contributed by atoms with van der Waals surface area (Å²) in [5, 5.41) is 11.4. The Labute approximate surface area is 86.0 Å². The van der Waals surface area contributed by atoms with Crippen LogP contribution in [-0.4, -0.2) is 27.5 Å². The summed E-state index contributed by atoms with van der Waals surface area (Å²) in [6.45, 7) is 1.65. The first kappa shape index (κ1) is 12.3. The number of amides is 1. The molecule has 12 heavy (non-hydrogen) atoms. The van der Waals surface area contributed by atoms with E-state index in [0.29, 0.717) is 0 Å². The van der Waals surface area contributed by atoms with Crippen molar-refractivity contribution in [3.63, 3.8) is 0 Å². The van der Waals surface area contributed by atoms with Crippen molar-refractivity contribution in [1.29, 1.82) is 0 Å². The predicted molar refractivity (Wildman–Crippen MR) is 49.6 cm³/mol. The lowest BCUT2D eigenvalue weighted by Crippen LogP contribution is -2.47. The van der Waals surface area contributed by atoms with E-state index >= 15 is 0 Å². The van der Waals surface area contributed by atoms with Gasteiger partial charge in [0.2, 0.25) is 5.91 Å². The number of halogens is 3. The molecule has 2 N–H and O–H groups in total. The van der Waals surface area contributed by atoms with Crippen LogP contribution in [-0.2, 0) is 4.79 Å². The molecule has 0 rings (SSSR count). The summed E-state index contributed by atoms with van der Waals surface area (Å²) in [4.78, 5) is 10.8. The molecule has 0 fully saturated rings. The normalized spacial score (nSPS) is 14.1. The minimum absolute atomic E-state index is 0.165. The number of carbonyl (C=O) groups excluding carboxylic acids is 1. The topological polar surface area (TPSA) is 49.3 Å². The van der Waals surface area contributed by atoms with Crippen LogP contribution in [0.4, 0.5) is 0 Å². The van der Waals surface area contributed by atoms with Crippen LogP contribution in [0.15, 0.2) is 0 Å². The van der Waals surface area contributed by atoms with Crippen molar-refractivity contribution in [2.24, 2.45) is 0 Å². The van der Waals surface area contributed by atoms with Gasteiger partial charge in [0.1, 0.15) is 0 Å². The van der Waals surface area contributed by atoms with E-state index < -0.39 is 10.6 Å². The maximum Gasteiger partial charge on any atom is 0.221 e. The first-order valence-corrected chi connectivity index (χ1v) is 4.64. The van der Waals surface area contributed by atoms with E-state index in [2.05, 4.69) is 5.32 Å². The summed E-state index contributed by atoms with van der Waals surface area (Å²) in [6, 6.07) is 0. The third-order valence-corrected chi connectivity index (χ3v) is 2.57. The van der Waals surface area contributed by atoms with Crippen molar-refractivity contribution in [1.82, 2.24) is 5.32 Å². The van der Waals surface area contributed by atoms with Crippen molar-refractivity contribution in [3.05, 3.63) is 0 Å². The molecule has 0 heterocycles. The fourth-order valence-corrected chi connectivity index (χ4v) is 0.688. The van der Waals surface area contributed by atoms with E-state index in [1.807, 2.05) is 0 Å². The van der Waals surface area contributed by atoms with Gasteiger partial charge in [-0.2, -0.15) is 0 Å². The lowest BCUT2D eigenvalue weighted by molar-refractivity contribution is -0.123. The number of rotatable bonds is 4. The highest BCUT2D eigenvalue weighted by atomic mass is 35.5. The number of aliphatic hydroxyl groups excluding tert-OH is 1. The zero-order valence-corrected chi connectivity index (χ0v) is 8.75. The molecular formula is C6H10Cl3NO2. The van der Waals surface area contributed by atoms with Crippen LogP contribution >= 0.6 is 34.8 Å². The molecule has 3 nitrogen and oxygen atoms in total. The van der Waals surface area contributed by atoms with Gasteiger partial charge < -0.3 is 10.4 Å². The van der Waals surface area contributed by atoms with Gasteiger partial charge in [-0.25, -0.2) is 0 Å². The zero-order valence-electron chi connectivity index (χ0n) is 6.48. The highest BCUT2D eigenvalue weighted by molar-refractivity contribution is 6.52. The van der Waals surface area contributed by atoms with Gasteiger partial charge in [0.05, 0.1) is 5.88 Å². The lowest BCUT2D eigenvalue weighted by Gasteiger charge is -2.23. The Hall–Kier alpha value is 0.300. The van der Waals surface area contributed by atoms with E-state index in [-0.39, 0.29) is 18.2 Å². The molecule has 1 amide bonds. The number of hydrogen-bond acceptors (Lipinski definition) is 2. The molecule has 0 aromatic heterocycles. The van der Waals surface area contributed by atoms with Gasteiger partial charge in [-0.3, -0.25) is 4.79 Å². The van der Waals surface area contributed by atoms with Gasteiger partial charge in [-0.15, -0.1) is 11.6 Å². The molecule has 0 aromatic rings. The van der Waals surface area contributed by atoms with Gasteiger partial charge in [0, 0.05) is 6.42 Å². The van der Waals surface area contributed by atoms with Crippen LogP contribution in [0.2, 0.25) is 0 Å². The molecule has 1 atom stereocenters. The van der Waals surface area contributed by atoms with Crippen molar-refractivity contribution >= 4 is 40.7 Å². The summed E-state index contributed by atoms with van der Waals surface area (Å²) in [5.74, 6) is -0.500. The Kier molecular flexibility index (Phi) is 5.25. The van der Waals surface area contributed by atoms with E-state index in [0.717, 1.165) is 0 Å². The smallest absolute Gasteiger partial charge is 0.221 e. The van der Waals surface area contributed by atoms with Crippen molar-refractivity contribution in [3.8, 4) is 0 Å². The van der Waals surface area contributed by atoms with Crippen LogP contribution in [0.3, 0.4) is 0 Å². The zero-order chi connectivity index (χ0) is 9.78. The number of aliphatic hydroxyl groups is 1. The summed E-state index contributed by atoms with van der Waals surface area (Å²) in [5.41, 5.74) is 0. The molecule has 6 heteroatoms. The Bertz CT molecular complexity index is 163. The first-order valence-electron chi connectivity index (χ1n) is 3.35. The second-order valence-electron chi connectivity index (χ2n) is 2.22. The van der Waals surface area contributed by atoms with Crippen LogP contribution in [0.5, 0.6) is 0 Å². The van der Waals surface area contributed by atoms with E-state index in [1.165, 1.54) is 0 Å². The maximum absolute atomic E-state index is 10.8. The largest absolute Gasteiger partial charge is 0.370 e. The Morgan fingerprint density at radius 1 is 1.67 bits per heavy atom.